The minimum absolute atomic E-state index is 0.0953. The molecule has 0 aliphatic heterocycles. The van der Waals surface area contributed by atoms with E-state index in [2.05, 4.69) is 54.9 Å². The van der Waals surface area contributed by atoms with Crippen LogP contribution in [0.1, 0.15) is 40.5 Å². The van der Waals surface area contributed by atoms with Gasteiger partial charge in [0, 0.05) is 19.1 Å². The Labute approximate surface area is 104 Å². The molecule has 1 aromatic rings. The van der Waals surface area contributed by atoms with Crippen molar-refractivity contribution in [1.29, 1.82) is 0 Å². The Morgan fingerprint density at radius 2 is 2.00 bits per heavy atom. The molecule has 0 amide bonds. The van der Waals surface area contributed by atoms with Crippen molar-refractivity contribution in [3.05, 3.63) is 12.4 Å². The maximum absolute atomic E-state index is 4.58. The van der Waals surface area contributed by atoms with Gasteiger partial charge in [0.2, 0.25) is 0 Å². The highest BCUT2D eigenvalue weighted by molar-refractivity contribution is 5.45. The van der Waals surface area contributed by atoms with E-state index in [-0.39, 0.29) is 5.54 Å². The molecule has 0 spiro atoms. The van der Waals surface area contributed by atoms with Crippen LogP contribution in [0, 0.1) is 0 Å². The van der Waals surface area contributed by atoms with Gasteiger partial charge in [-0.05, 0) is 26.7 Å². The zero-order valence-corrected chi connectivity index (χ0v) is 11.6. The Morgan fingerprint density at radius 1 is 1.29 bits per heavy atom. The van der Waals surface area contributed by atoms with Gasteiger partial charge in [0.25, 0.3) is 0 Å². The molecule has 0 aliphatic carbocycles. The van der Waals surface area contributed by atoms with Crippen molar-refractivity contribution in [1.82, 2.24) is 9.97 Å². The molecular formula is C13H24N4. The van der Waals surface area contributed by atoms with E-state index in [4.69, 9.17) is 0 Å². The van der Waals surface area contributed by atoms with Gasteiger partial charge in [-0.25, -0.2) is 4.98 Å². The first-order valence-corrected chi connectivity index (χ1v) is 6.31. The smallest absolute Gasteiger partial charge is 0.149 e. The fourth-order valence-electron chi connectivity index (χ4n) is 1.40. The molecule has 0 fully saturated rings. The summed E-state index contributed by atoms with van der Waals surface area (Å²) in [4.78, 5) is 11.0. The van der Waals surface area contributed by atoms with Crippen LogP contribution >= 0.6 is 0 Å². The summed E-state index contributed by atoms with van der Waals surface area (Å²) in [5, 5.41) is 3.26. The molecule has 0 bridgehead atoms. The second kappa shape index (κ2) is 5.84. The topological polar surface area (TPSA) is 41.1 Å². The van der Waals surface area contributed by atoms with Crippen LogP contribution in [0.5, 0.6) is 0 Å². The molecule has 0 radical (unpaired) electrons. The van der Waals surface area contributed by atoms with E-state index in [1.807, 2.05) is 6.20 Å². The fourth-order valence-corrected chi connectivity index (χ4v) is 1.40. The number of nitrogens with one attached hydrogen (secondary N) is 1. The summed E-state index contributed by atoms with van der Waals surface area (Å²) in [7, 11) is 2.07. The summed E-state index contributed by atoms with van der Waals surface area (Å²) < 4.78 is 0. The Bertz CT molecular complexity index is 349. The summed E-state index contributed by atoms with van der Waals surface area (Å²) in [5.41, 5.74) is 0.0953. The highest BCUT2D eigenvalue weighted by Gasteiger charge is 2.22. The molecular weight excluding hydrogens is 212 g/mol. The van der Waals surface area contributed by atoms with Crippen LogP contribution in [0.2, 0.25) is 0 Å². The molecule has 1 rings (SSSR count). The minimum atomic E-state index is 0.0953. The summed E-state index contributed by atoms with van der Waals surface area (Å²) in [6.45, 7) is 9.67. The van der Waals surface area contributed by atoms with Crippen LogP contribution in [0.15, 0.2) is 12.4 Å². The third-order valence-corrected chi connectivity index (χ3v) is 3.29. The Balaban J connectivity index is 2.84. The number of aromatic nitrogens is 2. The third kappa shape index (κ3) is 3.58. The highest BCUT2D eigenvalue weighted by atomic mass is 15.2. The van der Waals surface area contributed by atoms with Crippen LogP contribution in [0.4, 0.5) is 11.6 Å². The number of anilines is 2. The van der Waals surface area contributed by atoms with E-state index in [0.717, 1.165) is 31.0 Å². The highest BCUT2D eigenvalue weighted by Crippen LogP contribution is 2.23. The zero-order valence-electron chi connectivity index (χ0n) is 11.6. The summed E-state index contributed by atoms with van der Waals surface area (Å²) in [5.74, 6) is 1.76. The Morgan fingerprint density at radius 3 is 2.59 bits per heavy atom. The first-order chi connectivity index (χ1) is 8.01. The van der Waals surface area contributed by atoms with Crippen LogP contribution in [0.25, 0.3) is 0 Å². The molecule has 17 heavy (non-hydrogen) atoms. The molecule has 4 nitrogen and oxygen atoms in total. The molecule has 0 aromatic carbocycles. The number of rotatable bonds is 6. The van der Waals surface area contributed by atoms with Gasteiger partial charge in [-0.1, -0.05) is 13.8 Å². The standard InChI is InChI=1S/C13H24N4/c1-6-8-15-11-9-14-10-12(16-11)17(5)13(3,4)7-2/h9-10H,6-8H2,1-5H3,(H,15,16). The van der Waals surface area contributed by atoms with Gasteiger partial charge in [-0.15, -0.1) is 0 Å². The first-order valence-electron chi connectivity index (χ1n) is 6.31. The lowest BCUT2D eigenvalue weighted by Gasteiger charge is -2.35. The van der Waals surface area contributed by atoms with Crippen LogP contribution in [-0.2, 0) is 0 Å². The molecule has 96 valence electrons. The summed E-state index contributed by atoms with van der Waals surface area (Å²) in [6.07, 6.45) is 5.74. The first kappa shape index (κ1) is 13.7. The van der Waals surface area contributed by atoms with Crippen molar-refractivity contribution in [3.8, 4) is 0 Å². The number of hydrogen-bond donors (Lipinski definition) is 1. The molecule has 0 unspecified atom stereocenters. The van der Waals surface area contributed by atoms with E-state index in [1.54, 1.807) is 6.20 Å². The Kier molecular flexibility index (Phi) is 4.73. The van der Waals surface area contributed by atoms with E-state index in [1.165, 1.54) is 0 Å². The van der Waals surface area contributed by atoms with Gasteiger partial charge in [0.1, 0.15) is 11.6 Å². The summed E-state index contributed by atoms with van der Waals surface area (Å²) in [6, 6.07) is 0. The molecule has 1 heterocycles. The molecule has 0 aliphatic rings. The molecule has 0 atom stereocenters. The normalized spacial score (nSPS) is 11.4. The van der Waals surface area contributed by atoms with Crippen LogP contribution in [-0.4, -0.2) is 29.1 Å². The minimum Gasteiger partial charge on any atom is -0.369 e. The predicted molar refractivity (Wildman–Crippen MR) is 73.6 cm³/mol. The average Bonchev–Trinajstić information content (AvgIpc) is 2.35. The van der Waals surface area contributed by atoms with E-state index >= 15 is 0 Å². The lowest BCUT2D eigenvalue weighted by Crippen LogP contribution is -2.41. The summed E-state index contributed by atoms with van der Waals surface area (Å²) >= 11 is 0. The quantitative estimate of drug-likeness (QED) is 0.824. The van der Waals surface area contributed by atoms with Crippen molar-refractivity contribution >= 4 is 11.6 Å². The molecule has 0 saturated heterocycles. The van der Waals surface area contributed by atoms with Crippen molar-refractivity contribution in [3.63, 3.8) is 0 Å². The largest absolute Gasteiger partial charge is 0.369 e. The Hall–Kier alpha value is -1.32. The lowest BCUT2D eigenvalue weighted by molar-refractivity contribution is 0.467. The zero-order chi connectivity index (χ0) is 12.9. The van der Waals surface area contributed by atoms with Crippen LogP contribution in [0.3, 0.4) is 0 Å². The maximum atomic E-state index is 4.58. The van der Waals surface area contributed by atoms with E-state index in [0.29, 0.717) is 0 Å². The number of nitrogens with zero attached hydrogens (tertiary/aromatic N) is 3. The van der Waals surface area contributed by atoms with Gasteiger partial charge in [0.15, 0.2) is 0 Å². The van der Waals surface area contributed by atoms with Gasteiger partial charge in [-0.2, -0.15) is 0 Å². The number of hydrogen-bond acceptors (Lipinski definition) is 4. The fraction of sp³-hybridized carbons (Fsp3) is 0.692. The molecule has 0 saturated carbocycles. The second-order valence-electron chi connectivity index (χ2n) is 4.91. The van der Waals surface area contributed by atoms with Gasteiger partial charge < -0.3 is 10.2 Å². The molecule has 1 N–H and O–H groups in total. The molecule has 4 heteroatoms. The maximum Gasteiger partial charge on any atom is 0.149 e. The third-order valence-electron chi connectivity index (χ3n) is 3.29. The second-order valence-corrected chi connectivity index (χ2v) is 4.91. The van der Waals surface area contributed by atoms with Crippen molar-refractivity contribution in [2.45, 2.75) is 46.1 Å². The van der Waals surface area contributed by atoms with Crippen molar-refractivity contribution < 1.29 is 0 Å². The molecule has 1 aromatic heterocycles. The van der Waals surface area contributed by atoms with Crippen LogP contribution < -0.4 is 10.2 Å². The average molecular weight is 236 g/mol. The van der Waals surface area contributed by atoms with E-state index < -0.39 is 0 Å². The van der Waals surface area contributed by atoms with Gasteiger partial charge in [-0.3, -0.25) is 4.98 Å². The van der Waals surface area contributed by atoms with E-state index in [9.17, 15) is 0 Å². The van der Waals surface area contributed by atoms with Crippen molar-refractivity contribution in [2.24, 2.45) is 0 Å². The van der Waals surface area contributed by atoms with Gasteiger partial charge >= 0.3 is 0 Å². The van der Waals surface area contributed by atoms with Crippen molar-refractivity contribution in [2.75, 3.05) is 23.8 Å². The lowest BCUT2D eigenvalue weighted by atomic mass is 10.0. The predicted octanol–water partition coefficient (Wildman–Crippen LogP) is 2.92. The van der Waals surface area contributed by atoms with Gasteiger partial charge in [0.05, 0.1) is 12.4 Å². The SMILES string of the molecule is CCCNc1cncc(N(C)C(C)(C)CC)n1. The monoisotopic (exact) mass is 236 g/mol.